The molecule has 0 heterocycles. The lowest BCUT2D eigenvalue weighted by atomic mass is 9.84. The van der Waals surface area contributed by atoms with Crippen molar-refractivity contribution in [2.45, 2.75) is 0 Å². The van der Waals surface area contributed by atoms with Gasteiger partial charge in [-0.05, 0) is 149 Å². The van der Waals surface area contributed by atoms with E-state index in [2.05, 4.69) is 194 Å². The summed E-state index contributed by atoms with van der Waals surface area (Å²) in [7, 11) is 0. The van der Waals surface area contributed by atoms with Gasteiger partial charge in [0, 0.05) is 0 Å². The van der Waals surface area contributed by atoms with Crippen LogP contribution < -0.4 is 0 Å². The molecule has 0 aliphatic heterocycles. The summed E-state index contributed by atoms with van der Waals surface area (Å²) in [5.41, 5.74) is 7.65. The Bertz CT molecular complexity index is 3720. The number of rotatable bonds is 3. The predicted molar refractivity (Wildman–Crippen MR) is 243 cm³/mol. The molecule has 0 nitrogen and oxygen atoms in total. The molecule has 0 fully saturated rings. The van der Waals surface area contributed by atoms with Gasteiger partial charge in [-0.1, -0.05) is 176 Å². The van der Waals surface area contributed by atoms with Crippen LogP contribution in [0.2, 0.25) is 0 Å². The molecule has 0 heteroatoms. The second-order valence-corrected chi connectivity index (χ2v) is 15.5. The zero-order chi connectivity index (χ0) is 36.5. The topological polar surface area (TPSA) is 0 Å². The molecule has 256 valence electrons. The predicted octanol–water partition coefficient (Wildman–Crippen LogP) is 15.9. The molecular weight excluding hydrogens is 673 g/mol. The fraction of sp³-hybridized carbons (Fsp3) is 0. The number of hydrogen-bond donors (Lipinski definition) is 0. The molecule has 0 unspecified atom stereocenters. The maximum Gasteiger partial charge on any atom is -0.000697 e. The Kier molecular flexibility index (Phi) is 5.98. The van der Waals surface area contributed by atoms with Crippen LogP contribution in [-0.2, 0) is 0 Å². The van der Waals surface area contributed by atoms with Crippen LogP contribution in [0.1, 0.15) is 0 Å². The first-order valence-electron chi connectivity index (χ1n) is 19.6. The van der Waals surface area contributed by atoms with Gasteiger partial charge in [0.15, 0.2) is 0 Å². The minimum absolute atomic E-state index is 1.25. The summed E-state index contributed by atoms with van der Waals surface area (Å²) in [5.74, 6) is 0. The minimum Gasteiger partial charge on any atom is -0.0622 e. The number of hydrogen-bond acceptors (Lipinski definition) is 0. The first-order valence-corrected chi connectivity index (χ1v) is 19.6. The van der Waals surface area contributed by atoms with Gasteiger partial charge in [0.2, 0.25) is 0 Å². The Balaban J connectivity index is 1.28. The lowest BCUT2D eigenvalue weighted by Crippen LogP contribution is -1.91. The van der Waals surface area contributed by atoms with E-state index in [1.54, 1.807) is 0 Å². The Labute approximate surface area is 323 Å². The van der Waals surface area contributed by atoms with E-state index >= 15 is 0 Å². The Hall–Kier alpha value is -7.28. The van der Waals surface area contributed by atoms with Crippen molar-refractivity contribution in [3.63, 3.8) is 0 Å². The first-order chi connectivity index (χ1) is 27.8. The van der Waals surface area contributed by atoms with Gasteiger partial charge in [0.1, 0.15) is 0 Å². The van der Waals surface area contributed by atoms with E-state index in [4.69, 9.17) is 0 Å². The molecule has 0 saturated heterocycles. The van der Waals surface area contributed by atoms with Crippen LogP contribution in [0.5, 0.6) is 0 Å². The van der Waals surface area contributed by atoms with Gasteiger partial charge >= 0.3 is 0 Å². The molecule has 0 spiro atoms. The van der Waals surface area contributed by atoms with Crippen LogP contribution in [0.25, 0.3) is 130 Å². The SMILES string of the molecule is c1ccc(-c2c3cc4c5ccc(-c6cccc7ccccc67)cc5c5cccc(c3c(-c3ccccc3)c3c6cc7ccccc7c7cccc(c23)c76)c54)cc1. The van der Waals surface area contributed by atoms with Gasteiger partial charge in [-0.25, -0.2) is 0 Å². The van der Waals surface area contributed by atoms with Crippen molar-refractivity contribution in [2.24, 2.45) is 0 Å². The number of fused-ring (bicyclic) bond motifs is 11. The zero-order valence-electron chi connectivity index (χ0n) is 30.5. The third kappa shape index (κ3) is 3.93. The van der Waals surface area contributed by atoms with E-state index < -0.39 is 0 Å². The van der Waals surface area contributed by atoms with Crippen molar-refractivity contribution in [1.82, 2.24) is 0 Å². The van der Waals surface area contributed by atoms with E-state index in [-0.39, 0.29) is 0 Å². The van der Waals surface area contributed by atoms with Crippen LogP contribution >= 0.6 is 0 Å². The summed E-state index contributed by atoms with van der Waals surface area (Å²) in [6.07, 6.45) is 0. The van der Waals surface area contributed by atoms with Crippen LogP contribution in [0, 0.1) is 0 Å². The standard InChI is InChI=1S/C56H32/c1-3-15-34(16-4-1)50-49-32-47-41-29-28-37(39-23-11-20-33-14-7-9-21-38(33)39)30-46(41)43-25-13-26-44(52(43)47)54(49)51(35-17-5-2-6-18-35)56-48-31-36-19-8-10-22-40(36)42-24-12-27-45(53(42)48)55(50)56/h1-32H. The summed E-state index contributed by atoms with van der Waals surface area (Å²) in [4.78, 5) is 0. The fourth-order valence-electron chi connectivity index (χ4n) is 10.4. The fourth-order valence-corrected chi connectivity index (χ4v) is 10.4. The highest BCUT2D eigenvalue weighted by Gasteiger charge is 2.27. The molecule has 0 aliphatic carbocycles. The quantitative estimate of drug-likeness (QED) is 0.161. The lowest BCUT2D eigenvalue weighted by molar-refractivity contribution is 1.68. The maximum atomic E-state index is 2.54. The third-order valence-corrected chi connectivity index (χ3v) is 12.7. The maximum absolute atomic E-state index is 2.54. The van der Waals surface area contributed by atoms with Gasteiger partial charge in [-0.3, -0.25) is 0 Å². The molecule has 13 aromatic carbocycles. The van der Waals surface area contributed by atoms with Crippen molar-refractivity contribution >= 4 is 97.0 Å². The van der Waals surface area contributed by atoms with E-state index in [1.165, 1.54) is 130 Å². The van der Waals surface area contributed by atoms with Gasteiger partial charge in [0.05, 0.1) is 0 Å². The Morgan fingerprint density at radius 1 is 0.196 bits per heavy atom. The average Bonchev–Trinajstić information content (AvgIpc) is 3.76. The first kappa shape index (κ1) is 30.1. The largest absolute Gasteiger partial charge is 0.0622 e. The second-order valence-electron chi connectivity index (χ2n) is 15.5. The molecule has 0 aromatic heterocycles. The molecule has 56 heavy (non-hydrogen) atoms. The zero-order valence-corrected chi connectivity index (χ0v) is 30.5. The molecule has 0 amide bonds. The lowest BCUT2D eigenvalue weighted by Gasteiger charge is -2.19. The third-order valence-electron chi connectivity index (χ3n) is 12.7. The number of benzene rings is 11. The highest BCUT2D eigenvalue weighted by Crippen LogP contribution is 2.55. The molecule has 0 radical (unpaired) electrons. The van der Waals surface area contributed by atoms with Crippen LogP contribution in [0.4, 0.5) is 0 Å². The molecular formula is C56H32. The van der Waals surface area contributed by atoms with Crippen molar-refractivity contribution in [3.8, 4) is 33.4 Å². The average molecular weight is 705 g/mol. The van der Waals surface area contributed by atoms with Crippen LogP contribution in [0.3, 0.4) is 0 Å². The van der Waals surface area contributed by atoms with E-state index in [9.17, 15) is 0 Å². The van der Waals surface area contributed by atoms with E-state index in [0.29, 0.717) is 0 Å². The van der Waals surface area contributed by atoms with E-state index in [1.807, 2.05) is 0 Å². The minimum atomic E-state index is 1.25. The highest BCUT2D eigenvalue weighted by atomic mass is 14.3. The molecule has 0 bridgehead atoms. The molecule has 0 atom stereocenters. The van der Waals surface area contributed by atoms with Crippen LogP contribution in [0.15, 0.2) is 194 Å². The van der Waals surface area contributed by atoms with E-state index in [0.717, 1.165) is 0 Å². The molecule has 13 aromatic rings. The van der Waals surface area contributed by atoms with Crippen molar-refractivity contribution in [1.29, 1.82) is 0 Å². The molecule has 0 N–H and O–H groups in total. The monoisotopic (exact) mass is 704 g/mol. The normalized spacial score (nSPS) is 12.3. The summed E-state index contributed by atoms with van der Waals surface area (Å²) in [6.45, 7) is 0. The van der Waals surface area contributed by atoms with Gasteiger partial charge in [-0.15, -0.1) is 0 Å². The summed E-state index contributed by atoms with van der Waals surface area (Å²) in [6, 6.07) is 72.7. The van der Waals surface area contributed by atoms with Gasteiger partial charge < -0.3 is 0 Å². The summed E-state index contributed by atoms with van der Waals surface area (Å²) >= 11 is 0. The smallest absolute Gasteiger partial charge is 0.000697 e. The van der Waals surface area contributed by atoms with Crippen molar-refractivity contribution < 1.29 is 0 Å². The summed E-state index contributed by atoms with van der Waals surface area (Å²) < 4.78 is 0. The summed E-state index contributed by atoms with van der Waals surface area (Å²) in [5, 5.41) is 23.7. The van der Waals surface area contributed by atoms with Gasteiger partial charge in [-0.2, -0.15) is 0 Å². The molecule has 13 rings (SSSR count). The highest BCUT2D eigenvalue weighted by molar-refractivity contribution is 6.46. The van der Waals surface area contributed by atoms with Crippen molar-refractivity contribution in [2.75, 3.05) is 0 Å². The molecule has 0 aliphatic rings. The molecule has 0 saturated carbocycles. The second kappa shape index (κ2) is 11.1. The Morgan fingerprint density at radius 3 is 1.54 bits per heavy atom. The van der Waals surface area contributed by atoms with Crippen LogP contribution in [-0.4, -0.2) is 0 Å². The van der Waals surface area contributed by atoms with Crippen molar-refractivity contribution in [3.05, 3.63) is 194 Å². The Morgan fingerprint density at radius 2 is 0.750 bits per heavy atom. The van der Waals surface area contributed by atoms with Gasteiger partial charge in [0.25, 0.3) is 0 Å².